The van der Waals surface area contributed by atoms with Crippen LogP contribution in [-0.2, 0) is 6.54 Å². The molecular formula is C22H21N5O5. The van der Waals surface area contributed by atoms with Crippen molar-refractivity contribution < 1.29 is 9.66 Å². The molecular weight excluding hydrogens is 414 g/mol. The van der Waals surface area contributed by atoms with Crippen molar-refractivity contribution in [3.8, 4) is 11.4 Å². The van der Waals surface area contributed by atoms with Crippen molar-refractivity contribution in [2.45, 2.75) is 26.4 Å². The van der Waals surface area contributed by atoms with Crippen LogP contribution in [0.3, 0.4) is 0 Å². The lowest BCUT2D eigenvalue weighted by Gasteiger charge is -2.16. The lowest BCUT2D eigenvalue weighted by Crippen LogP contribution is -2.41. The minimum Gasteiger partial charge on any atom is -0.495 e. The van der Waals surface area contributed by atoms with Crippen molar-refractivity contribution in [1.82, 2.24) is 18.7 Å². The summed E-state index contributed by atoms with van der Waals surface area (Å²) in [5, 5.41) is 11.1. The maximum Gasteiger partial charge on any atom is 0.337 e. The number of rotatable bonds is 6. The fourth-order valence-corrected chi connectivity index (χ4v) is 3.73. The number of imidazole rings is 1. The molecule has 0 fully saturated rings. The molecule has 2 aromatic heterocycles. The normalized spacial score (nSPS) is 11.2. The van der Waals surface area contributed by atoms with Gasteiger partial charge in [-0.2, -0.15) is 0 Å². The van der Waals surface area contributed by atoms with E-state index in [4.69, 9.17) is 4.74 Å². The molecule has 10 nitrogen and oxygen atoms in total. The van der Waals surface area contributed by atoms with Gasteiger partial charge in [-0.3, -0.25) is 19.5 Å². The summed E-state index contributed by atoms with van der Waals surface area (Å²) in [7, 11) is 1.50. The molecule has 0 unspecified atom stereocenters. The molecule has 0 radical (unpaired) electrons. The first kappa shape index (κ1) is 21.0. The number of fused-ring (bicyclic) bond motifs is 1. The molecule has 0 bridgehead atoms. The molecule has 10 heteroatoms. The number of nitro groups is 1. The summed E-state index contributed by atoms with van der Waals surface area (Å²) < 4.78 is 9.55. The highest BCUT2D eigenvalue weighted by molar-refractivity contribution is 5.73. The van der Waals surface area contributed by atoms with Gasteiger partial charge in [-0.1, -0.05) is 24.3 Å². The number of nitrogens with zero attached hydrogens (tertiary/aromatic N) is 5. The number of para-hydroxylation sites is 2. The number of aromatic nitrogens is 4. The van der Waals surface area contributed by atoms with Gasteiger partial charge in [0, 0.05) is 24.7 Å². The predicted molar refractivity (Wildman–Crippen MR) is 119 cm³/mol. The van der Waals surface area contributed by atoms with Gasteiger partial charge in [0.15, 0.2) is 11.2 Å². The fourth-order valence-electron chi connectivity index (χ4n) is 3.73. The number of non-ortho nitro benzene ring substituents is 1. The molecule has 0 saturated carbocycles. The van der Waals surface area contributed by atoms with E-state index in [9.17, 15) is 19.7 Å². The van der Waals surface area contributed by atoms with Gasteiger partial charge in [0.1, 0.15) is 5.75 Å². The highest BCUT2D eigenvalue weighted by Gasteiger charge is 2.22. The third-order valence-electron chi connectivity index (χ3n) is 5.17. The highest BCUT2D eigenvalue weighted by Crippen LogP contribution is 2.24. The SMILES string of the molecule is COc1ccccc1-n1c(=O)n(C(C)C)c(=O)c2c1ncn2Cc1cccc([N+](=O)[O-])c1. The van der Waals surface area contributed by atoms with E-state index >= 15 is 0 Å². The highest BCUT2D eigenvalue weighted by atomic mass is 16.6. The maximum absolute atomic E-state index is 13.3. The Bertz CT molecular complexity index is 1450. The minimum absolute atomic E-state index is 0.0440. The summed E-state index contributed by atoms with van der Waals surface area (Å²) in [6, 6.07) is 12.8. The van der Waals surface area contributed by atoms with Gasteiger partial charge in [0.05, 0.1) is 24.0 Å². The van der Waals surface area contributed by atoms with Gasteiger partial charge >= 0.3 is 5.69 Å². The first-order chi connectivity index (χ1) is 15.3. The Kier molecular flexibility index (Phi) is 5.35. The summed E-state index contributed by atoms with van der Waals surface area (Å²) in [5.41, 5.74) is 0.445. The zero-order valence-electron chi connectivity index (χ0n) is 17.8. The summed E-state index contributed by atoms with van der Waals surface area (Å²) in [6.07, 6.45) is 1.46. The number of methoxy groups -OCH3 is 1. The van der Waals surface area contributed by atoms with Crippen LogP contribution in [0.1, 0.15) is 25.5 Å². The molecule has 4 rings (SSSR count). The molecule has 4 aromatic rings. The molecule has 0 aliphatic heterocycles. The molecule has 0 aliphatic carbocycles. The molecule has 2 aromatic carbocycles. The Morgan fingerprint density at radius 1 is 1.12 bits per heavy atom. The zero-order valence-corrected chi connectivity index (χ0v) is 17.8. The van der Waals surface area contributed by atoms with Crippen LogP contribution in [0.2, 0.25) is 0 Å². The van der Waals surface area contributed by atoms with Crippen LogP contribution in [0.4, 0.5) is 5.69 Å². The Morgan fingerprint density at radius 3 is 2.56 bits per heavy atom. The lowest BCUT2D eigenvalue weighted by molar-refractivity contribution is -0.384. The van der Waals surface area contributed by atoms with Gasteiger partial charge in [-0.05, 0) is 31.5 Å². The molecule has 164 valence electrons. The van der Waals surface area contributed by atoms with Gasteiger partial charge in [-0.25, -0.2) is 14.3 Å². The molecule has 2 heterocycles. The van der Waals surface area contributed by atoms with Crippen molar-refractivity contribution in [3.05, 3.63) is 91.4 Å². The van der Waals surface area contributed by atoms with Crippen molar-refractivity contribution in [2.24, 2.45) is 0 Å². The van der Waals surface area contributed by atoms with Crippen LogP contribution in [0.5, 0.6) is 5.75 Å². The van der Waals surface area contributed by atoms with E-state index in [1.165, 1.54) is 34.7 Å². The minimum atomic E-state index is -0.525. The first-order valence-electron chi connectivity index (χ1n) is 9.92. The molecule has 0 N–H and O–H groups in total. The first-order valence-corrected chi connectivity index (χ1v) is 9.92. The van der Waals surface area contributed by atoms with Crippen molar-refractivity contribution in [1.29, 1.82) is 0 Å². The molecule has 0 atom stereocenters. The van der Waals surface area contributed by atoms with Crippen LogP contribution in [0.25, 0.3) is 16.9 Å². The number of hydrogen-bond donors (Lipinski definition) is 0. The second kappa shape index (κ2) is 8.14. The summed E-state index contributed by atoms with van der Waals surface area (Å²) in [4.78, 5) is 41.7. The van der Waals surface area contributed by atoms with E-state index in [0.29, 0.717) is 17.0 Å². The van der Waals surface area contributed by atoms with E-state index in [0.717, 1.165) is 0 Å². The fraction of sp³-hybridized carbons (Fsp3) is 0.227. The topological polar surface area (TPSA) is 114 Å². The van der Waals surface area contributed by atoms with E-state index in [2.05, 4.69) is 4.98 Å². The van der Waals surface area contributed by atoms with Crippen molar-refractivity contribution in [3.63, 3.8) is 0 Å². The smallest absolute Gasteiger partial charge is 0.337 e. The quantitative estimate of drug-likeness (QED) is 0.340. The lowest BCUT2D eigenvalue weighted by atomic mass is 10.2. The number of nitro benzene ring substituents is 1. The maximum atomic E-state index is 13.3. The number of hydrogen-bond acceptors (Lipinski definition) is 6. The summed E-state index contributed by atoms with van der Waals surface area (Å²) in [5.74, 6) is 0.457. The number of ether oxygens (including phenoxy) is 1. The second-order valence-corrected chi connectivity index (χ2v) is 7.53. The average molecular weight is 435 g/mol. The van der Waals surface area contributed by atoms with Gasteiger partial charge in [0.2, 0.25) is 0 Å². The van der Waals surface area contributed by atoms with Crippen molar-refractivity contribution in [2.75, 3.05) is 7.11 Å². The van der Waals surface area contributed by atoms with Gasteiger partial charge in [0.25, 0.3) is 11.2 Å². The third kappa shape index (κ3) is 3.45. The second-order valence-electron chi connectivity index (χ2n) is 7.53. The Morgan fingerprint density at radius 2 is 1.88 bits per heavy atom. The van der Waals surface area contributed by atoms with Crippen LogP contribution < -0.4 is 16.0 Å². The Balaban J connectivity index is 2.00. The standard InChI is InChI=1S/C22H21N5O5/c1-14(2)25-21(28)19-20(26(22(25)29)17-9-4-5-10-18(17)32-3)23-13-24(19)12-15-7-6-8-16(11-15)27(30)31/h4-11,13-14H,12H2,1-3H3. The largest absolute Gasteiger partial charge is 0.495 e. The summed E-state index contributed by atoms with van der Waals surface area (Å²) in [6.45, 7) is 3.68. The van der Waals surface area contributed by atoms with Crippen molar-refractivity contribution >= 4 is 16.9 Å². The summed E-state index contributed by atoms with van der Waals surface area (Å²) >= 11 is 0. The molecule has 32 heavy (non-hydrogen) atoms. The Labute approximate surface area is 182 Å². The van der Waals surface area contributed by atoms with E-state index in [-0.39, 0.29) is 23.4 Å². The number of benzene rings is 2. The van der Waals surface area contributed by atoms with Gasteiger partial charge < -0.3 is 9.30 Å². The van der Waals surface area contributed by atoms with E-state index in [1.54, 1.807) is 54.8 Å². The third-order valence-corrected chi connectivity index (χ3v) is 5.17. The monoisotopic (exact) mass is 435 g/mol. The van der Waals surface area contributed by atoms with Crippen LogP contribution in [0.15, 0.2) is 64.4 Å². The molecule has 0 amide bonds. The average Bonchev–Trinajstić information content (AvgIpc) is 3.17. The Hall–Kier alpha value is -4.21. The van der Waals surface area contributed by atoms with E-state index < -0.39 is 22.2 Å². The van der Waals surface area contributed by atoms with Crippen LogP contribution >= 0.6 is 0 Å². The van der Waals surface area contributed by atoms with Gasteiger partial charge in [-0.15, -0.1) is 0 Å². The predicted octanol–water partition coefficient (Wildman–Crippen LogP) is 2.89. The molecule has 0 aliphatic rings. The molecule has 0 spiro atoms. The van der Waals surface area contributed by atoms with Crippen LogP contribution in [-0.4, -0.2) is 30.7 Å². The van der Waals surface area contributed by atoms with E-state index in [1.807, 2.05) is 0 Å². The zero-order chi connectivity index (χ0) is 23.0. The molecule has 0 saturated heterocycles. The van der Waals surface area contributed by atoms with Crippen LogP contribution in [0, 0.1) is 10.1 Å².